The number of hydrogen-bond donors (Lipinski definition) is 1. The van der Waals surface area contributed by atoms with Crippen LogP contribution < -0.4 is 5.32 Å². The van der Waals surface area contributed by atoms with Gasteiger partial charge in [0, 0.05) is 12.6 Å². The van der Waals surface area contributed by atoms with Gasteiger partial charge in [0.05, 0.1) is 5.25 Å². The standard InChI is InChI=1S/C9H17F3N2O2S/c1-7(2)14(6-9(10,11)12)17(15,16)8-3-4-13-5-8/h7-8,13H,3-6H2,1-2H3. The molecular weight excluding hydrogens is 257 g/mol. The van der Waals surface area contributed by atoms with Crippen molar-refractivity contribution in [2.75, 3.05) is 19.6 Å². The molecule has 1 aliphatic rings. The zero-order chi connectivity index (χ0) is 13.3. The predicted molar refractivity (Wildman–Crippen MR) is 58.1 cm³/mol. The van der Waals surface area contributed by atoms with Gasteiger partial charge >= 0.3 is 6.18 Å². The van der Waals surface area contributed by atoms with E-state index < -0.39 is 34.0 Å². The minimum absolute atomic E-state index is 0.226. The molecule has 0 aromatic carbocycles. The first-order valence-corrected chi connectivity index (χ1v) is 6.93. The molecule has 1 unspecified atom stereocenters. The van der Waals surface area contributed by atoms with Gasteiger partial charge in [-0.3, -0.25) is 0 Å². The third-order valence-electron chi connectivity index (χ3n) is 2.67. The molecule has 0 aromatic rings. The molecular formula is C9H17F3N2O2S. The summed E-state index contributed by atoms with van der Waals surface area (Å²) < 4.78 is 61.7. The average Bonchev–Trinajstić information content (AvgIpc) is 2.65. The summed E-state index contributed by atoms with van der Waals surface area (Å²) in [7, 11) is -3.88. The summed E-state index contributed by atoms with van der Waals surface area (Å²) in [5, 5.41) is 2.10. The first-order chi connectivity index (χ1) is 7.64. The molecule has 0 bridgehead atoms. The van der Waals surface area contributed by atoms with Crippen molar-refractivity contribution in [3.8, 4) is 0 Å². The van der Waals surface area contributed by atoms with E-state index in [0.29, 0.717) is 17.3 Å². The molecule has 0 saturated carbocycles. The number of alkyl halides is 3. The van der Waals surface area contributed by atoms with Crippen LogP contribution in [0.25, 0.3) is 0 Å². The second-order valence-electron chi connectivity index (χ2n) is 4.41. The van der Waals surface area contributed by atoms with Gasteiger partial charge in [-0.15, -0.1) is 0 Å². The molecule has 1 aliphatic heterocycles. The molecule has 0 spiro atoms. The highest BCUT2D eigenvalue weighted by atomic mass is 32.2. The molecule has 17 heavy (non-hydrogen) atoms. The van der Waals surface area contributed by atoms with Crippen LogP contribution in [0.5, 0.6) is 0 Å². The van der Waals surface area contributed by atoms with Gasteiger partial charge in [-0.1, -0.05) is 0 Å². The first-order valence-electron chi connectivity index (χ1n) is 5.42. The lowest BCUT2D eigenvalue weighted by molar-refractivity contribution is -0.138. The Hall–Kier alpha value is -0.340. The molecule has 1 atom stereocenters. The minimum atomic E-state index is -4.51. The topological polar surface area (TPSA) is 49.4 Å². The Labute approximate surface area is 99.2 Å². The van der Waals surface area contributed by atoms with Crippen molar-refractivity contribution >= 4 is 10.0 Å². The molecule has 0 aliphatic carbocycles. The average molecular weight is 274 g/mol. The van der Waals surface area contributed by atoms with Crippen molar-refractivity contribution in [2.45, 2.75) is 37.7 Å². The van der Waals surface area contributed by atoms with E-state index in [1.165, 1.54) is 13.8 Å². The van der Waals surface area contributed by atoms with Gasteiger partial charge in [0.2, 0.25) is 10.0 Å². The SMILES string of the molecule is CC(C)N(CC(F)(F)F)S(=O)(=O)C1CCNC1. The number of nitrogens with one attached hydrogen (secondary N) is 1. The molecule has 1 heterocycles. The summed E-state index contributed by atoms with van der Waals surface area (Å²) in [6, 6.07) is -0.692. The van der Waals surface area contributed by atoms with Gasteiger partial charge in [0.1, 0.15) is 6.54 Å². The minimum Gasteiger partial charge on any atom is -0.315 e. The number of nitrogens with zero attached hydrogens (tertiary/aromatic N) is 1. The summed E-state index contributed by atoms with van der Waals surface area (Å²) >= 11 is 0. The molecule has 0 amide bonds. The van der Waals surface area contributed by atoms with Gasteiger partial charge in [-0.05, 0) is 26.8 Å². The van der Waals surface area contributed by atoms with E-state index in [2.05, 4.69) is 5.32 Å². The highest BCUT2D eigenvalue weighted by Crippen LogP contribution is 2.24. The van der Waals surface area contributed by atoms with Crippen LogP contribution in [-0.2, 0) is 10.0 Å². The largest absolute Gasteiger partial charge is 0.402 e. The van der Waals surface area contributed by atoms with Crippen molar-refractivity contribution in [1.29, 1.82) is 0 Å². The Morgan fingerprint density at radius 1 is 1.41 bits per heavy atom. The fourth-order valence-electron chi connectivity index (χ4n) is 1.82. The fraction of sp³-hybridized carbons (Fsp3) is 1.00. The maximum absolute atomic E-state index is 12.4. The lowest BCUT2D eigenvalue weighted by Gasteiger charge is -2.29. The van der Waals surface area contributed by atoms with Crippen LogP contribution in [0, 0.1) is 0 Å². The molecule has 1 rings (SSSR count). The normalized spacial score (nSPS) is 22.6. The van der Waals surface area contributed by atoms with Gasteiger partial charge < -0.3 is 5.32 Å². The molecule has 4 nitrogen and oxygen atoms in total. The van der Waals surface area contributed by atoms with Gasteiger partial charge in [-0.25, -0.2) is 8.42 Å². The smallest absolute Gasteiger partial charge is 0.315 e. The van der Waals surface area contributed by atoms with E-state index in [1.54, 1.807) is 0 Å². The number of sulfonamides is 1. The Bertz CT molecular complexity index is 348. The van der Waals surface area contributed by atoms with Crippen LogP contribution in [0.4, 0.5) is 13.2 Å². The van der Waals surface area contributed by atoms with Crippen molar-refractivity contribution < 1.29 is 21.6 Å². The van der Waals surface area contributed by atoms with Crippen LogP contribution in [0.15, 0.2) is 0 Å². The van der Waals surface area contributed by atoms with Crippen molar-refractivity contribution in [2.24, 2.45) is 0 Å². The van der Waals surface area contributed by atoms with Crippen molar-refractivity contribution in [3.63, 3.8) is 0 Å². The molecule has 0 aromatic heterocycles. The predicted octanol–water partition coefficient (Wildman–Crippen LogP) is 0.951. The summed E-state index contributed by atoms with van der Waals surface area (Å²) in [5.41, 5.74) is 0. The Morgan fingerprint density at radius 2 is 2.00 bits per heavy atom. The molecule has 102 valence electrons. The third-order valence-corrected chi connectivity index (χ3v) is 5.12. The zero-order valence-electron chi connectivity index (χ0n) is 9.79. The Balaban J connectivity index is 2.89. The van der Waals surface area contributed by atoms with E-state index in [-0.39, 0.29) is 6.54 Å². The molecule has 8 heteroatoms. The lowest BCUT2D eigenvalue weighted by atomic mass is 10.4. The summed E-state index contributed by atoms with van der Waals surface area (Å²) in [5.74, 6) is 0. The van der Waals surface area contributed by atoms with Crippen molar-refractivity contribution in [3.05, 3.63) is 0 Å². The van der Waals surface area contributed by atoms with Crippen LogP contribution in [0.2, 0.25) is 0 Å². The van der Waals surface area contributed by atoms with E-state index in [0.717, 1.165) is 0 Å². The number of rotatable bonds is 4. The fourth-order valence-corrected chi connectivity index (χ4v) is 3.86. The highest BCUT2D eigenvalue weighted by molar-refractivity contribution is 7.89. The summed E-state index contributed by atoms with van der Waals surface area (Å²) in [6.07, 6.45) is -4.15. The Kier molecular flexibility index (Phi) is 4.43. The highest BCUT2D eigenvalue weighted by Gasteiger charge is 2.41. The van der Waals surface area contributed by atoms with E-state index in [4.69, 9.17) is 0 Å². The Morgan fingerprint density at radius 3 is 2.35 bits per heavy atom. The summed E-state index contributed by atoms with van der Waals surface area (Å²) in [4.78, 5) is 0. The van der Waals surface area contributed by atoms with Crippen LogP contribution in [0.3, 0.4) is 0 Å². The zero-order valence-corrected chi connectivity index (χ0v) is 10.6. The van der Waals surface area contributed by atoms with Crippen LogP contribution in [-0.4, -0.2) is 49.8 Å². The van der Waals surface area contributed by atoms with Gasteiger partial charge in [0.25, 0.3) is 0 Å². The first kappa shape index (κ1) is 14.7. The van der Waals surface area contributed by atoms with Gasteiger partial charge in [-0.2, -0.15) is 17.5 Å². The second kappa shape index (κ2) is 5.11. The third kappa shape index (κ3) is 3.82. The molecule has 1 saturated heterocycles. The van der Waals surface area contributed by atoms with Gasteiger partial charge in [0.15, 0.2) is 0 Å². The quantitative estimate of drug-likeness (QED) is 0.830. The van der Waals surface area contributed by atoms with E-state index in [9.17, 15) is 21.6 Å². The molecule has 0 radical (unpaired) electrons. The maximum Gasteiger partial charge on any atom is 0.402 e. The molecule has 1 N–H and O–H groups in total. The van der Waals surface area contributed by atoms with Crippen molar-refractivity contribution in [1.82, 2.24) is 9.62 Å². The number of hydrogen-bond acceptors (Lipinski definition) is 3. The van der Waals surface area contributed by atoms with Crippen LogP contribution >= 0.6 is 0 Å². The lowest BCUT2D eigenvalue weighted by Crippen LogP contribution is -2.47. The van der Waals surface area contributed by atoms with E-state index in [1.807, 2.05) is 0 Å². The van der Waals surface area contributed by atoms with Crippen LogP contribution in [0.1, 0.15) is 20.3 Å². The number of halogens is 3. The summed E-state index contributed by atoms with van der Waals surface area (Å²) in [6.45, 7) is 2.24. The molecule has 1 fully saturated rings. The maximum atomic E-state index is 12.4. The second-order valence-corrected chi connectivity index (χ2v) is 6.58. The van der Waals surface area contributed by atoms with E-state index >= 15 is 0 Å². The monoisotopic (exact) mass is 274 g/mol.